The third kappa shape index (κ3) is 3.91. The van der Waals surface area contributed by atoms with Gasteiger partial charge in [-0.05, 0) is 24.7 Å². The van der Waals surface area contributed by atoms with Crippen LogP contribution in [-0.2, 0) is 9.47 Å². The summed E-state index contributed by atoms with van der Waals surface area (Å²) < 4.78 is 11.5. The predicted octanol–water partition coefficient (Wildman–Crippen LogP) is 1.71. The average molecular weight is 271 g/mol. The maximum absolute atomic E-state index is 9.25. The third-order valence-corrected chi connectivity index (χ3v) is 4.46. The summed E-state index contributed by atoms with van der Waals surface area (Å²) in [7, 11) is 0. The highest BCUT2D eigenvalue weighted by molar-refractivity contribution is 4.94. The lowest BCUT2D eigenvalue weighted by atomic mass is 9.82. The van der Waals surface area contributed by atoms with Gasteiger partial charge in [-0.15, -0.1) is 0 Å². The Hall–Kier alpha value is -0.160. The van der Waals surface area contributed by atoms with Crippen LogP contribution in [0.25, 0.3) is 0 Å². The molecule has 0 radical (unpaired) electrons. The molecule has 0 aromatic heterocycles. The van der Waals surface area contributed by atoms with Crippen molar-refractivity contribution >= 4 is 0 Å². The fourth-order valence-electron chi connectivity index (χ4n) is 3.21. The maximum Gasteiger partial charge on any atom is 0.0951 e. The van der Waals surface area contributed by atoms with Gasteiger partial charge in [-0.3, -0.25) is 0 Å². The number of ether oxygens (including phenoxy) is 2. The van der Waals surface area contributed by atoms with Crippen molar-refractivity contribution in [1.29, 1.82) is 0 Å². The minimum Gasteiger partial charge on any atom is -0.396 e. The van der Waals surface area contributed by atoms with Crippen LogP contribution in [0.15, 0.2) is 0 Å². The van der Waals surface area contributed by atoms with Crippen LogP contribution in [0.2, 0.25) is 0 Å². The number of aliphatic hydroxyl groups is 1. The lowest BCUT2D eigenvalue weighted by Gasteiger charge is -2.41. The Kier molecular flexibility index (Phi) is 4.88. The van der Waals surface area contributed by atoms with Crippen molar-refractivity contribution in [2.75, 3.05) is 26.4 Å². The van der Waals surface area contributed by atoms with E-state index in [2.05, 4.69) is 26.1 Å². The van der Waals surface area contributed by atoms with Crippen molar-refractivity contribution in [3.63, 3.8) is 0 Å². The second kappa shape index (κ2) is 6.08. The Balaban J connectivity index is 1.93. The molecule has 3 atom stereocenters. The van der Waals surface area contributed by atoms with Crippen LogP contribution in [-0.4, -0.2) is 49.2 Å². The zero-order chi connectivity index (χ0) is 13.9. The Morgan fingerprint density at radius 3 is 2.74 bits per heavy atom. The first kappa shape index (κ1) is 15.2. The van der Waals surface area contributed by atoms with Crippen LogP contribution in [0.5, 0.6) is 0 Å². The van der Waals surface area contributed by atoms with Crippen LogP contribution in [0.4, 0.5) is 0 Å². The van der Waals surface area contributed by atoms with E-state index in [4.69, 9.17) is 9.47 Å². The number of rotatable bonds is 4. The lowest BCUT2D eigenvalue weighted by molar-refractivity contribution is -0.0918. The number of hydrogen-bond donors (Lipinski definition) is 2. The van der Waals surface area contributed by atoms with E-state index in [1.165, 1.54) is 0 Å². The fraction of sp³-hybridized carbons (Fsp3) is 1.00. The van der Waals surface area contributed by atoms with Gasteiger partial charge in [0, 0.05) is 38.3 Å². The molecule has 112 valence electrons. The van der Waals surface area contributed by atoms with Gasteiger partial charge in [-0.1, -0.05) is 20.8 Å². The third-order valence-electron chi connectivity index (χ3n) is 4.46. The molecular formula is C15H29NO3. The largest absolute Gasteiger partial charge is 0.396 e. The van der Waals surface area contributed by atoms with Crippen LogP contribution < -0.4 is 5.32 Å². The summed E-state index contributed by atoms with van der Waals surface area (Å²) in [5.74, 6) is 0. The molecule has 0 amide bonds. The molecule has 19 heavy (non-hydrogen) atoms. The zero-order valence-electron chi connectivity index (χ0n) is 12.6. The van der Waals surface area contributed by atoms with Gasteiger partial charge in [0.05, 0.1) is 12.2 Å². The first-order valence-corrected chi connectivity index (χ1v) is 7.54. The Labute approximate surface area is 116 Å². The molecule has 2 fully saturated rings. The Morgan fingerprint density at radius 1 is 1.37 bits per heavy atom. The van der Waals surface area contributed by atoms with Gasteiger partial charge >= 0.3 is 0 Å². The van der Waals surface area contributed by atoms with Gasteiger partial charge in [0.25, 0.3) is 0 Å². The molecule has 2 heterocycles. The summed E-state index contributed by atoms with van der Waals surface area (Å²) in [5, 5.41) is 13.0. The monoisotopic (exact) mass is 271 g/mol. The SMILES string of the molecule is CC(C)(C)C(CCO)NC1CCOC2(CCOC2)C1. The van der Waals surface area contributed by atoms with E-state index in [-0.39, 0.29) is 17.6 Å². The number of nitrogens with one attached hydrogen (secondary N) is 1. The van der Waals surface area contributed by atoms with Crippen molar-refractivity contribution in [1.82, 2.24) is 5.32 Å². The summed E-state index contributed by atoms with van der Waals surface area (Å²) in [6, 6.07) is 0.825. The Morgan fingerprint density at radius 2 is 2.16 bits per heavy atom. The topological polar surface area (TPSA) is 50.7 Å². The number of hydrogen-bond acceptors (Lipinski definition) is 4. The molecule has 2 aliphatic rings. The Bertz CT molecular complexity index is 282. The zero-order valence-corrected chi connectivity index (χ0v) is 12.6. The highest BCUT2D eigenvalue weighted by Gasteiger charge is 2.41. The molecule has 0 aliphatic carbocycles. The minimum absolute atomic E-state index is 0.0441. The molecule has 3 unspecified atom stereocenters. The first-order chi connectivity index (χ1) is 8.95. The second-order valence-corrected chi connectivity index (χ2v) is 7.12. The molecule has 0 bridgehead atoms. The van der Waals surface area contributed by atoms with E-state index in [1.54, 1.807) is 0 Å². The van der Waals surface area contributed by atoms with Crippen molar-refractivity contribution in [2.24, 2.45) is 5.41 Å². The van der Waals surface area contributed by atoms with Crippen molar-refractivity contribution < 1.29 is 14.6 Å². The molecule has 4 nitrogen and oxygen atoms in total. The maximum atomic E-state index is 9.25. The molecule has 2 saturated heterocycles. The highest BCUT2D eigenvalue weighted by atomic mass is 16.6. The van der Waals surface area contributed by atoms with Gasteiger partial charge in [-0.25, -0.2) is 0 Å². The molecule has 0 saturated carbocycles. The molecule has 2 aliphatic heterocycles. The van der Waals surface area contributed by atoms with E-state index >= 15 is 0 Å². The molecule has 2 N–H and O–H groups in total. The van der Waals surface area contributed by atoms with Gasteiger partial charge < -0.3 is 19.9 Å². The lowest BCUT2D eigenvalue weighted by Crippen LogP contribution is -2.53. The second-order valence-electron chi connectivity index (χ2n) is 7.12. The van der Waals surface area contributed by atoms with Crippen molar-refractivity contribution in [3.05, 3.63) is 0 Å². The standard InChI is InChI=1S/C15H29NO3/c1-14(2,3)13(4-7-17)16-12-5-8-19-15(10-12)6-9-18-11-15/h12-13,16-17H,4-11H2,1-3H3. The van der Waals surface area contributed by atoms with Crippen LogP contribution in [0, 0.1) is 5.41 Å². The van der Waals surface area contributed by atoms with E-state index < -0.39 is 0 Å². The molecule has 2 rings (SSSR count). The normalized spacial score (nSPS) is 33.8. The smallest absolute Gasteiger partial charge is 0.0951 e. The highest BCUT2D eigenvalue weighted by Crippen LogP contribution is 2.34. The summed E-state index contributed by atoms with van der Waals surface area (Å²) in [6.45, 7) is 9.32. The van der Waals surface area contributed by atoms with Crippen LogP contribution >= 0.6 is 0 Å². The molecule has 0 aromatic rings. The average Bonchev–Trinajstić information content (AvgIpc) is 2.76. The first-order valence-electron chi connectivity index (χ1n) is 7.54. The van der Waals surface area contributed by atoms with Gasteiger partial charge in [0.2, 0.25) is 0 Å². The quantitative estimate of drug-likeness (QED) is 0.817. The van der Waals surface area contributed by atoms with E-state index in [1.807, 2.05) is 0 Å². The van der Waals surface area contributed by atoms with Gasteiger partial charge in [0.1, 0.15) is 0 Å². The van der Waals surface area contributed by atoms with Crippen molar-refractivity contribution in [2.45, 2.75) is 64.1 Å². The van der Waals surface area contributed by atoms with Gasteiger partial charge in [-0.2, -0.15) is 0 Å². The van der Waals surface area contributed by atoms with E-state index in [0.717, 1.165) is 45.5 Å². The summed E-state index contributed by atoms with van der Waals surface area (Å²) in [4.78, 5) is 0. The molecule has 0 aromatic carbocycles. The summed E-state index contributed by atoms with van der Waals surface area (Å²) in [5.41, 5.74) is 0.123. The van der Waals surface area contributed by atoms with E-state index in [9.17, 15) is 5.11 Å². The van der Waals surface area contributed by atoms with Gasteiger partial charge in [0.15, 0.2) is 0 Å². The predicted molar refractivity (Wildman–Crippen MR) is 75.2 cm³/mol. The van der Waals surface area contributed by atoms with Crippen LogP contribution in [0.3, 0.4) is 0 Å². The van der Waals surface area contributed by atoms with Crippen LogP contribution in [0.1, 0.15) is 46.5 Å². The molecular weight excluding hydrogens is 242 g/mol. The fourth-order valence-corrected chi connectivity index (χ4v) is 3.21. The summed E-state index contributed by atoms with van der Waals surface area (Å²) >= 11 is 0. The number of aliphatic hydroxyl groups excluding tert-OH is 1. The molecule has 4 heteroatoms. The van der Waals surface area contributed by atoms with Crippen molar-refractivity contribution in [3.8, 4) is 0 Å². The van der Waals surface area contributed by atoms with E-state index in [0.29, 0.717) is 12.1 Å². The molecule has 1 spiro atoms. The minimum atomic E-state index is -0.0441. The summed E-state index contributed by atoms with van der Waals surface area (Å²) in [6.07, 6.45) is 3.92.